The Bertz CT molecular complexity index is 1110. The first kappa shape index (κ1) is 26.8. The van der Waals surface area contributed by atoms with Gasteiger partial charge in [-0.25, -0.2) is 0 Å². The molecule has 2 aromatic carbocycles. The van der Waals surface area contributed by atoms with Crippen LogP contribution in [0.4, 0.5) is 0 Å². The summed E-state index contributed by atoms with van der Waals surface area (Å²) >= 11 is 0. The van der Waals surface area contributed by atoms with Crippen molar-refractivity contribution in [3.05, 3.63) is 94.4 Å². The van der Waals surface area contributed by atoms with Gasteiger partial charge in [0.2, 0.25) is 0 Å². The summed E-state index contributed by atoms with van der Waals surface area (Å²) in [6.07, 6.45) is 0.120. The third-order valence-corrected chi connectivity index (χ3v) is 6.52. The minimum atomic E-state index is -0.812. The fraction of sp³-hybridized carbons (Fsp3) is 0.500. The summed E-state index contributed by atoms with van der Waals surface area (Å²) in [5.41, 5.74) is 11.0. The van der Waals surface area contributed by atoms with Crippen LogP contribution in [-0.2, 0) is 46.4 Å². The summed E-state index contributed by atoms with van der Waals surface area (Å²) in [4.78, 5) is 2.86. The fourth-order valence-electron chi connectivity index (χ4n) is 4.76. The summed E-state index contributed by atoms with van der Waals surface area (Å²) in [6.45, 7) is 4.93. The first-order valence-electron chi connectivity index (χ1n) is 12.8. The van der Waals surface area contributed by atoms with E-state index in [0.717, 1.165) is 11.1 Å². The maximum Gasteiger partial charge on any atom is 0.190 e. The minimum Gasteiger partial charge on any atom is -0.374 e. The van der Waals surface area contributed by atoms with Crippen LogP contribution >= 0.6 is 0 Å². The molecule has 0 N–H and O–H groups in total. The molecule has 0 unspecified atom stereocenters. The van der Waals surface area contributed by atoms with Gasteiger partial charge in [-0.3, -0.25) is 0 Å². The lowest BCUT2D eigenvalue weighted by Gasteiger charge is -2.34. The molecular weight excluding hydrogens is 490 g/mol. The minimum absolute atomic E-state index is 0.0875. The third kappa shape index (κ3) is 6.79. The van der Waals surface area contributed by atoms with E-state index in [0.29, 0.717) is 19.8 Å². The van der Waals surface area contributed by atoms with E-state index < -0.39 is 42.8 Å². The number of rotatable bonds is 11. The molecule has 0 amide bonds. The van der Waals surface area contributed by atoms with Crippen molar-refractivity contribution in [2.24, 2.45) is 5.11 Å². The summed E-state index contributed by atoms with van der Waals surface area (Å²) in [5.74, 6) is -0.812. The van der Waals surface area contributed by atoms with Crippen molar-refractivity contribution in [2.45, 2.75) is 75.9 Å². The highest BCUT2D eigenvalue weighted by atomic mass is 16.8. The Balaban J connectivity index is 1.26. The van der Waals surface area contributed by atoms with Crippen molar-refractivity contribution >= 4 is 0 Å². The molecule has 202 valence electrons. The molecule has 38 heavy (non-hydrogen) atoms. The van der Waals surface area contributed by atoms with Crippen LogP contribution in [0.3, 0.4) is 0 Å². The van der Waals surface area contributed by atoms with Gasteiger partial charge >= 0.3 is 0 Å². The SMILES string of the molecule is CC1(C)O[C@H]2O[C@H](CN=[N+]=[N-])[C@H](O[C@@H]3C=C[C@H](OCc4ccccc4)[C@@H](COCc4ccccc4)O3)[C@H]2O1. The molecule has 0 saturated carbocycles. The van der Waals surface area contributed by atoms with Gasteiger partial charge in [-0.2, -0.15) is 0 Å². The lowest BCUT2D eigenvalue weighted by Crippen LogP contribution is -2.45. The molecule has 5 rings (SSSR count). The summed E-state index contributed by atoms with van der Waals surface area (Å²) in [6, 6.07) is 19.9. The van der Waals surface area contributed by atoms with Gasteiger partial charge < -0.3 is 33.2 Å². The van der Waals surface area contributed by atoms with Gasteiger partial charge in [0.1, 0.15) is 24.4 Å². The number of fused-ring (bicyclic) bond motifs is 1. The van der Waals surface area contributed by atoms with Crippen LogP contribution in [0.5, 0.6) is 0 Å². The highest BCUT2D eigenvalue weighted by Crippen LogP contribution is 2.39. The molecule has 2 aromatic rings. The molecule has 0 bridgehead atoms. The number of benzene rings is 2. The molecule has 2 fully saturated rings. The van der Waals surface area contributed by atoms with Crippen LogP contribution in [0.1, 0.15) is 25.0 Å². The molecule has 10 heteroatoms. The lowest BCUT2D eigenvalue weighted by atomic mass is 10.1. The van der Waals surface area contributed by atoms with Crippen LogP contribution in [-0.4, -0.2) is 62.0 Å². The molecule has 10 nitrogen and oxygen atoms in total. The zero-order chi connectivity index (χ0) is 26.4. The van der Waals surface area contributed by atoms with E-state index in [1.54, 1.807) is 0 Å². The van der Waals surface area contributed by atoms with Crippen LogP contribution in [0.2, 0.25) is 0 Å². The molecular formula is C28H33N3O7. The third-order valence-electron chi connectivity index (χ3n) is 6.52. The lowest BCUT2D eigenvalue weighted by molar-refractivity contribution is -0.248. The number of azide groups is 1. The van der Waals surface area contributed by atoms with Gasteiger partial charge in [-0.1, -0.05) is 71.9 Å². The van der Waals surface area contributed by atoms with Crippen molar-refractivity contribution in [2.75, 3.05) is 13.2 Å². The van der Waals surface area contributed by atoms with Crippen LogP contribution in [0, 0.1) is 0 Å². The first-order chi connectivity index (χ1) is 18.5. The monoisotopic (exact) mass is 523 g/mol. The second kappa shape index (κ2) is 12.4. The van der Waals surface area contributed by atoms with Gasteiger partial charge in [-0.15, -0.1) is 0 Å². The molecule has 0 aromatic heterocycles. The van der Waals surface area contributed by atoms with Gasteiger partial charge in [0.05, 0.1) is 32.5 Å². The predicted molar refractivity (Wildman–Crippen MR) is 137 cm³/mol. The average Bonchev–Trinajstić information content (AvgIpc) is 3.39. The Labute approximate surface area is 222 Å². The van der Waals surface area contributed by atoms with E-state index in [-0.39, 0.29) is 12.6 Å². The molecule has 3 heterocycles. The molecule has 3 aliphatic rings. The summed E-state index contributed by atoms with van der Waals surface area (Å²) in [7, 11) is 0. The van der Waals surface area contributed by atoms with E-state index in [1.807, 2.05) is 86.7 Å². The van der Waals surface area contributed by atoms with E-state index in [1.165, 1.54) is 0 Å². The molecule has 2 saturated heterocycles. The zero-order valence-corrected chi connectivity index (χ0v) is 21.5. The fourth-order valence-corrected chi connectivity index (χ4v) is 4.76. The Hall–Kier alpha value is -2.79. The normalized spacial score (nSPS) is 31.6. The zero-order valence-electron chi connectivity index (χ0n) is 21.5. The predicted octanol–water partition coefficient (Wildman–Crippen LogP) is 4.64. The summed E-state index contributed by atoms with van der Waals surface area (Å²) < 4.78 is 42.7. The highest BCUT2D eigenvalue weighted by Gasteiger charge is 2.56. The molecule has 0 radical (unpaired) electrons. The van der Waals surface area contributed by atoms with Crippen LogP contribution < -0.4 is 0 Å². The Morgan fingerprint density at radius 1 is 0.895 bits per heavy atom. The van der Waals surface area contributed by atoms with Gasteiger partial charge in [0.15, 0.2) is 18.4 Å². The Morgan fingerprint density at radius 2 is 1.61 bits per heavy atom. The number of hydrogen-bond donors (Lipinski definition) is 0. The van der Waals surface area contributed by atoms with Gasteiger partial charge in [0.25, 0.3) is 0 Å². The number of nitrogens with zero attached hydrogens (tertiary/aromatic N) is 3. The van der Waals surface area contributed by atoms with Crippen molar-refractivity contribution < 1.29 is 33.2 Å². The first-order valence-corrected chi connectivity index (χ1v) is 12.8. The van der Waals surface area contributed by atoms with E-state index in [2.05, 4.69) is 10.0 Å². The van der Waals surface area contributed by atoms with Crippen molar-refractivity contribution in [3.8, 4) is 0 Å². The van der Waals surface area contributed by atoms with E-state index in [9.17, 15) is 0 Å². The van der Waals surface area contributed by atoms with E-state index >= 15 is 0 Å². The smallest absolute Gasteiger partial charge is 0.190 e. The maximum atomic E-state index is 8.82. The molecule has 0 spiro atoms. The molecule has 0 aliphatic carbocycles. The molecule has 7 atom stereocenters. The van der Waals surface area contributed by atoms with Crippen LogP contribution in [0.25, 0.3) is 10.4 Å². The number of hydrogen-bond acceptors (Lipinski definition) is 8. The largest absolute Gasteiger partial charge is 0.374 e. The molecule has 3 aliphatic heterocycles. The number of ether oxygens (including phenoxy) is 7. The maximum absolute atomic E-state index is 8.82. The topological polar surface area (TPSA) is 113 Å². The highest BCUT2D eigenvalue weighted by molar-refractivity contribution is 5.14. The van der Waals surface area contributed by atoms with Gasteiger partial charge in [-0.05, 0) is 36.6 Å². The second-order valence-electron chi connectivity index (χ2n) is 9.85. The van der Waals surface area contributed by atoms with E-state index in [4.69, 9.17) is 38.7 Å². The van der Waals surface area contributed by atoms with Crippen molar-refractivity contribution in [3.63, 3.8) is 0 Å². The van der Waals surface area contributed by atoms with Gasteiger partial charge in [0, 0.05) is 4.91 Å². The Morgan fingerprint density at radius 3 is 2.32 bits per heavy atom. The summed E-state index contributed by atoms with van der Waals surface area (Å²) in [5, 5.41) is 3.68. The van der Waals surface area contributed by atoms with Crippen molar-refractivity contribution in [1.29, 1.82) is 0 Å². The quantitative estimate of drug-likeness (QED) is 0.182. The van der Waals surface area contributed by atoms with Crippen molar-refractivity contribution in [1.82, 2.24) is 0 Å². The standard InChI is InChI=1S/C28H33N3O7/c1-28(2)37-26-25(22(15-30-31-29)35-27(26)38-28)36-24-14-13-21(33-17-20-11-7-4-8-12-20)23(34-24)18-32-16-19-9-5-3-6-10-19/h3-14,21-27H,15-18H2,1-2H3/t21-,22+,23+,24+,25-,26+,27+/m0/s1. The second-order valence-corrected chi connectivity index (χ2v) is 9.85. The average molecular weight is 524 g/mol. The Kier molecular flexibility index (Phi) is 8.73. The van der Waals surface area contributed by atoms with Crippen LogP contribution in [0.15, 0.2) is 77.9 Å².